The van der Waals surface area contributed by atoms with E-state index in [2.05, 4.69) is 10.1 Å². The van der Waals surface area contributed by atoms with E-state index in [4.69, 9.17) is 0 Å². The lowest BCUT2D eigenvalue weighted by Crippen LogP contribution is -2.30. The molecule has 0 bridgehead atoms. The Morgan fingerprint density at radius 2 is 2.15 bits per heavy atom. The third-order valence-corrected chi connectivity index (χ3v) is 2.75. The van der Waals surface area contributed by atoms with Crippen molar-refractivity contribution in [2.75, 3.05) is 20.7 Å². The highest BCUT2D eigenvalue weighted by Crippen LogP contribution is 2.26. The molecule has 110 valence electrons. The summed E-state index contributed by atoms with van der Waals surface area (Å²) in [5.41, 5.74) is -0.376. The molecule has 3 N–H and O–H groups in total. The predicted octanol–water partition coefficient (Wildman–Crippen LogP) is -0.00490. The van der Waals surface area contributed by atoms with Crippen LogP contribution in [0.3, 0.4) is 0 Å². The molecule has 20 heavy (non-hydrogen) atoms. The molecule has 2 unspecified atom stereocenters. The average molecular weight is 284 g/mol. The van der Waals surface area contributed by atoms with Crippen LogP contribution in [-0.4, -0.2) is 47.9 Å². The number of aliphatic hydroxyl groups excluding tert-OH is 2. The zero-order valence-corrected chi connectivity index (χ0v) is 11.1. The van der Waals surface area contributed by atoms with Gasteiger partial charge >= 0.3 is 5.97 Å². The van der Waals surface area contributed by atoms with Crippen molar-refractivity contribution in [3.05, 3.63) is 39.4 Å². The Hall–Kier alpha value is -2.03. The first-order chi connectivity index (χ1) is 9.42. The van der Waals surface area contributed by atoms with Gasteiger partial charge in [-0.05, 0) is 18.7 Å². The molecule has 1 aromatic carbocycles. The Labute approximate surface area is 115 Å². The van der Waals surface area contributed by atoms with Gasteiger partial charge in [0.15, 0.2) is 0 Å². The van der Waals surface area contributed by atoms with Crippen LogP contribution in [0.4, 0.5) is 5.69 Å². The smallest absolute Gasteiger partial charge is 0.338 e. The summed E-state index contributed by atoms with van der Waals surface area (Å²) in [6.45, 7) is 0.0960. The maximum absolute atomic E-state index is 11.6. The number of methoxy groups -OCH3 is 1. The van der Waals surface area contributed by atoms with Crippen molar-refractivity contribution in [1.82, 2.24) is 5.32 Å². The summed E-state index contributed by atoms with van der Waals surface area (Å²) in [7, 11) is 2.72. The molecule has 0 aliphatic rings. The predicted molar refractivity (Wildman–Crippen MR) is 69.3 cm³/mol. The topological polar surface area (TPSA) is 122 Å². The molecule has 8 nitrogen and oxygen atoms in total. The molecule has 8 heteroatoms. The second-order valence-electron chi connectivity index (χ2n) is 4.09. The van der Waals surface area contributed by atoms with Gasteiger partial charge in [0, 0.05) is 18.7 Å². The minimum Gasteiger partial charge on any atom is -0.465 e. The van der Waals surface area contributed by atoms with Gasteiger partial charge in [0.2, 0.25) is 0 Å². The standard InChI is InChI=1S/C12H16N2O6/c1-13-6-10(15)11(16)8-4-3-7(14(18)19)5-9(8)12(17)20-2/h3-5,10-11,13,15-16H,6H2,1-2H3. The van der Waals surface area contributed by atoms with E-state index in [1.165, 1.54) is 6.07 Å². The number of likely N-dealkylation sites (N-methyl/N-ethyl adjacent to an activating group) is 1. The molecular weight excluding hydrogens is 268 g/mol. The second-order valence-corrected chi connectivity index (χ2v) is 4.09. The minimum absolute atomic E-state index is 0.0743. The van der Waals surface area contributed by atoms with E-state index < -0.39 is 23.1 Å². The molecule has 1 aromatic rings. The van der Waals surface area contributed by atoms with Gasteiger partial charge in [0.1, 0.15) is 6.10 Å². The summed E-state index contributed by atoms with van der Waals surface area (Å²) >= 11 is 0. The largest absolute Gasteiger partial charge is 0.465 e. The molecule has 0 saturated heterocycles. The number of hydrogen-bond donors (Lipinski definition) is 3. The number of rotatable bonds is 6. The number of esters is 1. The number of nitro groups is 1. The lowest BCUT2D eigenvalue weighted by molar-refractivity contribution is -0.384. The Morgan fingerprint density at radius 3 is 2.65 bits per heavy atom. The van der Waals surface area contributed by atoms with Crippen molar-refractivity contribution in [1.29, 1.82) is 0 Å². The molecule has 1 rings (SSSR count). The fourth-order valence-corrected chi connectivity index (χ4v) is 1.73. The van der Waals surface area contributed by atoms with E-state index in [1.807, 2.05) is 0 Å². The third kappa shape index (κ3) is 3.50. The van der Waals surface area contributed by atoms with Crippen molar-refractivity contribution in [2.24, 2.45) is 0 Å². The van der Waals surface area contributed by atoms with Gasteiger partial charge in [0.25, 0.3) is 5.69 Å². The number of nitrogens with zero attached hydrogens (tertiary/aromatic N) is 1. The Morgan fingerprint density at radius 1 is 1.50 bits per heavy atom. The molecule has 0 aliphatic heterocycles. The molecule has 0 amide bonds. The van der Waals surface area contributed by atoms with Crippen LogP contribution in [0.15, 0.2) is 18.2 Å². The molecule has 0 aliphatic carbocycles. The van der Waals surface area contributed by atoms with Gasteiger partial charge in [-0.3, -0.25) is 10.1 Å². The van der Waals surface area contributed by atoms with E-state index in [1.54, 1.807) is 7.05 Å². The summed E-state index contributed by atoms with van der Waals surface area (Å²) in [4.78, 5) is 21.7. The average Bonchev–Trinajstić information content (AvgIpc) is 2.45. The SMILES string of the molecule is CNCC(O)C(O)c1ccc([N+](=O)[O-])cc1C(=O)OC. The van der Waals surface area contributed by atoms with Crippen LogP contribution in [0.5, 0.6) is 0 Å². The lowest BCUT2D eigenvalue weighted by Gasteiger charge is -2.19. The summed E-state index contributed by atoms with van der Waals surface area (Å²) in [5, 5.41) is 33.1. The van der Waals surface area contributed by atoms with Crippen LogP contribution in [0.1, 0.15) is 22.0 Å². The highest BCUT2D eigenvalue weighted by Gasteiger charge is 2.25. The maximum Gasteiger partial charge on any atom is 0.338 e. The normalized spacial score (nSPS) is 13.6. The van der Waals surface area contributed by atoms with Crippen molar-refractivity contribution in [2.45, 2.75) is 12.2 Å². The second kappa shape index (κ2) is 6.94. The van der Waals surface area contributed by atoms with Gasteiger partial charge in [0.05, 0.1) is 23.7 Å². The van der Waals surface area contributed by atoms with Gasteiger partial charge < -0.3 is 20.3 Å². The zero-order chi connectivity index (χ0) is 15.3. The monoisotopic (exact) mass is 284 g/mol. The molecule has 0 fully saturated rings. The van der Waals surface area contributed by atoms with E-state index in [0.717, 1.165) is 19.2 Å². The maximum atomic E-state index is 11.6. The number of ether oxygens (including phenoxy) is 1. The quantitative estimate of drug-likeness (QED) is 0.381. The molecule has 2 atom stereocenters. The highest BCUT2D eigenvalue weighted by atomic mass is 16.6. The molecule has 0 radical (unpaired) electrons. The lowest BCUT2D eigenvalue weighted by atomic mass is 9.98. The zero-order valence-electron chi connectivity index (χ0n) is 11.1. The van der Waals surface area contributed by atoms with E-state index >= 15 is 0 Å². The van der Waals surface area contributed by atoms with Crippen LogP contribution < -0.4 is 5.32 Å². The summed E-state index contributed by atoms with van der Waals surface area (Å²) in [6.07, 6.45) is -2.53. The van der Waals surface area contributed by atoms with Crippen LogP contribution in [0, 0.1) is 10.1 Å². The number of carbonyl (C=O) groups excluding carboxylic acids is 1. The number of carbonyl (C=O) groups is 1. The van der Waals surface area contributed by atoms with Crippen molar-refractivity contribution in [3.63, 3.8) is 0 Å². The molecule has 0 aromatic heterocycles. The first-order valence-corrected chi connectivity index (χ1v) is 5.79. The van der Waals surface area contributed by atoms with Gasteiger partial charge in [-0.25, -0.2) is 4.79 Å². The van der Waals surface area contributed by atoms with Crippen molar-refractivity contribution < 1.29 is 24.7 Å². The summed E-state index contributed by atoms with van der Waals surface area (Å²) in [6, 6.07) is 3.39. The molecular formula is C12H16N2O6. The Kier molecular flexibility index (Phi) is 5.56. The van der Waals surface area contributed by atoms with Crippen LogP contribution in [0.2, 0.25) is 0 Å². The van der Waals surface area contributed by atoms with Crippen LogP contribution in [0.25, 0.3) is 0 Å². The number of nitrogens with one attached hydrogen (secondary N) is 1. The number of hydrogen-bond acceptors (Lipinski definition) is 7. The fourth-order valence-electron chi connectivity index (χ4n) is 1.73. The molecule has 0 heterocycles. The molecule has 0 spiro atoms. The van der Waals surface area contributed by atoms with Crippen LogP contribution in [-0.2, 0) is 4.74 Å². The number of nitro benzene ring substituents is 1. The van der Waals surface area contributed by atoms with Crippen molar-refractivity contribution in [3.8, 4) is 0 Å². The Bertz CT molecular complexity index is 505. The van der Waals surface area contributed by atoms with Gasteiger partial charge in [-0.15, -0.1) is 0 Å². The number of non-ortho nitro benzene ring substituents is 1. The Balaban J connectivity index is 3.24. The van der Waals surface area contributed by atoms with E-state index in [-0.39, 0.29) is 23.4 Å². The van der Waals surface area contributed by atoms with E-state index in [9.17, 15) is 25.1 Å². The number of aliphatic hydroxyl groups is 2. The molecule has 0 saturated carbocycles. The first-order valence-electron chi connectivity index (χ1n) is 5.79. The van der Waals surface area contributed by atoms with E-state index in [0.29, 0.717) is 0 Å². The fraction of sp³-hybridized carbons (Fsp3) is 0.417. The highest BCUT2D eigenvalue weighted by molar-refractivity contribution is 5.92. The van der Waals surface area contributed by atoms with Crippen LogP contribution >= 0.6 is 0 Å². The van der Waals surface area contributed by atoms with Gasteiger partial charge in [-0.2, -0.15) is 0 Å². The minimum atomic E-state index is -1.36. The van der Waals surface area contributed by atoms with Crippen molar-refractivity contribution >= 4 is 11.7 Å². The summed E-state index contributed by atoms with van der Waals surface area (Å²) < 4.78 is 4.53. The summed E-state index contributed by atoms with van der Waals surface area (Å²) in [5.74, 6) is -0.820. The number of benzene rings is 1. The first kappa shape index (κ1) is 16.0. The third-order valence-electron chi connectivity index (χ3n) is 2.75. The van der Waals surface area contributed by atoms with Gasteiger partial charge in [-0.1, -0.05) is 0 Å².